The summed E-state index contributed by atoms with van der Waals surface area (Å²) in [6, 6.07) is 14.7. The normalized spacial score (nSPS) is 15.9. The zero-order valence-electron chi connectivity index (χ0n) is 16.2. The summed E-state index contributed by atoms with van der Waals surface area (Å²) in [7, 11) is -1.80. The second-order valence-electron chi connectivity index (χ2n) is 7.07. The molecule has 0 unspecified atom stereocenters. The van der Waals surface area contributed by atoms with Gasteiger partial charge in [-0.3, -0.25) is 4.79 Å². The summed E-state index contributed by atoms with van der Waals surface area (Å²) < 4.78 is 32.1. The lowest BCUT2D eigenvalue weighted by Crippen LogP contribution is -2.41. The van der Waals surface area contributed by atoms with Gasteiger partial charge in [-0.25, -0.2) is 12.7 Å². The smallest absolute Gasteiger partial charge is 0.227 e. The van der Waals surface area contributed by atoms with Crippen LogP contribution in [0.15, 0.2) is 48.5 Å². The standard InChI is InChI=1S/C21H26N2O4S/c1-16-5-3-4-6-18(16)15-28(25,26)23-13-11-17(12-14-23)21(24)22-19-7-9-20(27-2)10-8-19/h3-10,17H,11-15H2,1-2H3,(H,22,24). The van der Waals surface area contributed by atoms with Crippen molar-refractivity contribution in [3.63, 3.8) is 0 Å². The molecule has 1 saturated heterocycles. The van der Waals surface area contributed by atoms with Crippen LogP contribution in [-0.4, -0.2) is 38.8 Å². The van der Waals surface area contributed by atoms with Gasteiger partial charge in [0.15, 0.2) is 0 Å². The lowest BCUT2D eigenvalue weighted by atomic mass is 9.97. The molecular weight excluding hydrogens is 376 g/mol. The van der Waals surface area contributed by atoms with E-state index in [0.717, 1.165) is 16.9 Å². The highest BCUT2D eigenvalue weighted by atomic mass is 32.2. The third kappa shape index (κ3) is 4.91. The van der Waals surface area contributed by atoms with Crippen molar-refractivity contribution in [1.29, 1.82) is 0 Å². The van der Waals surface area contributed by atoms with Crippen molar-refractivity contribution in [3.8, 4) is 5.75 Å². The second-order valence-corrected chi connectivity index (χ2v) is 9.04. The Morgan fingerprint density at radius 1 is 1.11 bits per heavy atom. The van der Waals surface area contributed by atoms with Gasteiger partial charge < -0.3 is 10.1 Å². The average molecular weight is 403 g/mol. The fraction of sp³-hybridized carbons (Fsp3) is 0.381. The molecule has 0 saturated carbocycles. The Bertz CT molecular complexity index is 918. The van der Waals surface area contributed by atoms with Gasteiger partial charge >= 0.3 is 0 Å². The van der Waals surface area contributed by atoms with Crippen molar-refractivity contribution in [3.05, 3.63) is 59.7 Å². The molecule has 2 aromatic carbocycles. The molecule has 6 nitrogen and oxygen atoms in total. The van der Waals surface area contributed by atoms with Crippen LogP contribution in [0.2, 0.25) is 0 Å². The highest BCUT2D eigenvalue weighted by Gasteiger charge is 2.31. The van der Waals surface area contributed by atoms with Crippen LogP contribution in [0.5, 0.6) is 5.75 Å². The second kappa shape index (κ2) is 8.75. The number of nitrogens with one attached hydrogen (secondary N) is 1. The summed E-state index contributed by atoms with van der Waals surface area (Å²) in [5.41, 5.74) is 2.50. The van der Waals surface area contributed by atoms with E-state index in [4.69, 9.17) is 4.74 Å². The van der Waals surface area contributed by atoms with Crippen LogP contribution in [0.4, 0.5) is 5.69 Å². The first-order chi connectivity index (χ1) is 13.4. The van der Waals surface area contributed by atoms with Gasteiger partial charge in [0, 0.05) is 24.7 Å². The number of benzene rings is 2. The van der Waals surface area contributed by atoms with E-state index in [0.29, 0.717) is 31.6 Å². The zero-order valence-corrected chi connectivity index (χ0v) is 17.0. The fourth-order valence-electron chi connectivity index (χ4n) is 3.37. The van der Waals surface area contributed by atoms with Crippen molar-refractivity contribution in [1.82, 2.24) is 4.31 Å². The number of piperidine rings is 1. The molecule has 3 rings (SSSR count). The molecule has 0 bridgehead atoms. The Kier molecular flexibility index (Phi) is 6.36. The number of hydrogen-bond acceptors (Lipinski definition) is 4. The van der Waals surface area contributed by atoms with Crippen LogP contribution in [-0.2, 0) is 20.6 Å². The third-order valence-electron chi connectivity index (χ3n) is 5.17. The van der Waals surface area contributed by atoms with Crippen molar-refractivity contribution in [2.24, 2.45) is 5.92 Å². The third-order valence-corrected chi connectivity index (χ3v) is 7.00. The molecule has 7 heteroatoms. The molecule has 2 aromatic rings. The van der Waals surface area contributed by atoms with E-state index >= 15 is 0 Å². The molecule has 1 aliphatic rings. The van der Waals surface area contributed by atoms with E-state index < -0.39 is 10.0 Å². The molecule has 1 fully saturated rings. The number of rotatable bonds is 6. The number of carbonyl (C=O) groups is 1. The van der Waals surface area contributed by atoms with Gasteiger partial charge in [-0.15, -0.1) is 0 Å². The summed E-state index contributed by atoms with van der Waals surface area (Å²) >= 11 is 0. The highest BCUT2D eigenvalue weighted by Crippen LogP contribution is 2.24. The largest absolute Gasteiger partial charge is 0.497 e. The fourth-order valence-corrected chi connectivity index (χ4v) is 5.04. The monoisotopic (exact) mass is 402 g/mol. The van der Waals surface area contributed by atoms with E-state index in [-0.39, 0.29) is 17.6 Å². The molecule has 150 valence electrons. The minimum absolute atomic E-state index is 0.00237. The summed E-state index contributed by atoms with van der Waals surface area (Å²) in [4.78, 5) is 12.5. The number of sulfonamides is 1. The number of amides is 1. The van der Waals surface area contributed by atoms with Gasteiger partial charge in [0.05, 0.1) is 12.9 Å². The molecule has 0 atom stereocenters. The van der Waals surface area contributed by atoms with Crippen molar-refractivity contribution < 1.29 is 17.9 Å². The van der Waals surface area contributed by atoms with Crippen LogP contribution in [0.1, 0.15) is 24.0 Å². The highest BCUT2D eigenvalue weighted by molar-refractivity contribution is 7.88. The van der Waals surface area contributed by atoms with Gasteiger partial charge in [-0.1, -0.05) is 24.3 Å². The minimum atomic E-state index is -3.39. The summed E-state index contributed by atoms with van der Waals surface area (Å²) in [5, 5.41) is 2.90. The first kappa shape index (κ1) is 20.4. The molecule has 1 N–H and O–H groups in total. The van der Waals surface area contributed by atoms with E-state index in [1.807, 2.05) is 31.2 Å². The van der Waals surface area contributed by atoms with Gasteiger partial charge in [0.2, 0.25) is 15.9 Å². The number of anilines is 1. The van der Waals surface area contributed by atoms with Crippen molar-refractivity contribution in [2.75, 3.05) is 25.5 Å². The van der Waals surface area contributed by atoms with Crippen molar-refractivity contribution in [2.45, 2.75) is 25.5 Å². The Hall–Kier alpha value is -2.38. The first-order valence-corrected chi connectivity index (χ1v) is 11.0. The van der Waals surface area contributed by atoms with E-state index in [1.165, 1.54) is 4.31 Å². The van der Waals surface area contributed by atoms with E-state index in [2.05, 4.69) is 5.32 Å². The number of carbonyl (C=O) groups excluding carboxylic acids is 1. The summed E-state index contributed by atoms with van der Waals surface area (Å²) in [6.45, 7) is 2.66. The number of ether oxygens (including phenoxy) is 1. The molecule has 1 amide bonds. The maximum atomic E-state index is 12.7. The molecule has 1 heterocycles. The zero-order chi connectivity index (χ0) is 20.1. The van der Waals surface area contributed by atoms with Gasteiger partial charge in [-0.05, 0) is 55.2 Å². The lowest BCUT2D eigenvalue weighted by molar-refractivity contribution is -0.120. The molecule has 1 aliphatic heterocycles. The van der Waals surface area contributed by atoms with Crippen LogP contribution in [0, 0.1) is 12.8 Å². The molecule has 0 radical (unpaired) electrons. The van der Waals surface area contributed by atoms with Crippen LogP contribution in [0.3, 0.4) is 0 Å². The Labute approximate surface area is 166 Å². The Balaban J connectivity index is 1.55. The lowest BCUT2D eigenvalue weighted by Gasteiger charge is -2.30. The maximum Gasteiger partial charge on any atom is 0.227 e. The van der Waals surface area contributed by atoms with Crippen molar-refractivity contribution >= 4 is 21.6 Å². The maximum absolute atomic E-state index is 12.7. The van der Waals surface area contributed by atoms with Gasteiger partial charge in [-0.2, -0.15) is 0 Å². The Morgan fingerprint density at radius 3 is 2.36 bits per heavy atom. The molecule has 0 aromatic heterocycles. The minimum Gasteiger partial charge on any atom is -0.497 e. The van der Waals surface area contributed by atoms with E-state index in [9.17, 15) is 13.2 Å². The molecule has 28 heavy (non-hydrogen) atoms. The predicted octanol–water partition coefficient (Wildman–Crippen LogP) is 3.18. The van der Waals surface area contributed by atoms with E-state index in [1.54, 1.807) is 31.4 Å². The number of aryl methyl sites for hydroxylation is 1. The summed E-state index contributed by atoms with van der Waals surface area (Å²) in [6.07, 6.45) is 1.05. The number of nitrogens with zero attached hydrogens (tertiary/aromatic N) is 1. The molecule has 0 spiro atoms. The Morgan fingerprint density at radius 2 is 1.75 bits per heavy atom. The average Bonchev–Trinajstić information content (AvgIpc) is 2.70. The summed E-state index contributed by atoms with van der Waals surface area (Å²) in [5.74, 6) is 0.473. The molecule has 0 aliphatic carbocycles. The van der Waals surface area contributed by atoms with Crippen LogP contribution >= 0.6 is 0 Å². The van der Waals surface area contributed by atoms with Gasteiger partial charge in [0.1, 0.15) is 5.75 Å². The van der Waals surface area contributed by atoms with Gasteiger partial charge in [0.25, 0.3) is 0 Å². The van der Waals surface area contributed by atoms with Crippen LogP contribution in [0.25, 0.3) is 0 Å². The SMILES string of the molecule is COc1ccc(NC(=O)C2CCN(S(=O)(=O)Cc3ccccc3C)CC2)cc1. The first-order valence-electron chi connectivity index (χ1n) is 9.36. The number of methoxy groups -OCH3 is 1. The molecular formula is C21H26N2O4S. The number of hydrogen-bond donors (Lipinski definition) is 1. The quantitative estimate of drug-likeness (QED) is 0.805. The van der Waals surface area contributed by atoms with Crippen LogP contribution < -0.4 is 10.1 Å². The predicted molar refractivity (Wildman–Crippen MR) is 110 cm³/mol. The topological polar surface area (TPSA) is 75.7 Å².